The van der Waals surface area contributed by atoms with Crippen molar-refractivity contribution >= 4 is 38.3 Å². The van der Waals surface area contributed by atoms with Crippen molar-refractivity contribution in [3.05, 3.63) is 39.9 Å². The Morgan fingerprint density at radius 1 is 1.41 bits per heavy atom. The van der Waals surface area contributed by atoms with Crippen molar-refractivity contribution in [3.8, 4) is 0 Å². The molecule has 0 bridgehead atoms. The summed E-state index contributed by atoms with van der Waals surface area (Å²) in [5.41, 5.74) is 0.532. The number of hydrogen-bond acceptors (Lipinski definition) is 3. The van der Waals surface area contributed by atoms with Gasteiger partial charge in [-0.15, -0.1) is 0 Å². The molecule has 0 aliphatic carbocycles. The third-order valence-corrected chi connectivity index (χ3v) is 4.01. The van der Waals surface area contributed by atoms with Gasteiger partial charge >= 0.3 is 0 Å². The molecule has 90 valence electrons. The second-order valence-corrected chi connectivity index (χ2v) is 6.35. The molecule has 7 heteroatoms. The number of aryl methyl sites for hydroxylation is 1. The lowest BCUT2D eigenvalue weighted by Gasteiger charge is -2.06. The van der Waals surface area contributed by atoms with E-state index in [1.54, 1.807) is 25.1 Å². The Balaban J connectivity index is 2.29. The van der Waals surface area contributed by atoms with E-state index in [0.29, 0.717) is 11.5 Å². The lowest BCUT2D eigenvalue weighted by atomic mass is 10.3. The monoisotopic (exact) mass is 363 g/mol. The Bertz CT molecular complexity index is 637. The topological polar surface area (TPSA) is 74.8 Å². The molecule has 2 rings (SSSR count). The van der Waals surface area contributed by atoms with Gasteiger partial charge in [-0.3, -0.25) is 4.72 Å². The normalized spacial score (nSPS) is 11.4. The maximum atomic E-state index is 11.9. The van der Waals surface area contributed by atoms with Gasteiger partial charge in [-0.1, -0.05) is 6.07 Å². The first-order valence-corrected chi connectivity index (χ1v) is 7.33. The smallest absolute Gasteiger partial charge is 0.278 e. The van der Waals surface area contributed by atoms with E-state index in [0.717, 1.165) is 3.57 Å². The van der Waals surface area contributed by atoms with Crippen molar-refractivity contribution in [2.24, 2.45) is 0 Å². The summed E-state index contributed by atoms with van der Waals surface area (Å²) < 4.78 is 27.3. The highest BCUT2D eigenvalue weighted by Crippen LogP contribution is 2.16. The van der Waals surface area contributed by atoms with Crippen LogP contribution in [0, 0.1) is 10.5 Å². The van der Waals surface area contributed by atoms with Gasteiger partial charge in [0.25, 0.3) is 10.0 Å². The summed E-state index contributed by atoms with van der Waals surface area (Å²) in [5, 5.41) is 0.0638. The number of rotatable bonds is 3. The Hall–Kier alpha value is -1.09. The van der Waals surface area contributed by atoms with E-state index < -0.39 is 10.0 Å². The van der Waals surface area contributed by atoms with E-state index in [-0.39, 0.29) is 5.03 Å². The van der Waals surface area contributed by atoms with Crippen LogP contribution < -0.4 is 4.72 Å². The molecule has 17 heavy (non-hydrogen) atoms. The maximum Gasteiger partial charge on any atom is 0.278 e. The van der Waals surface area contributed by atoms with Crippen molar-refractivity contribution < 1.29 is 8.42 Å². The van der Waals surface area contributed by atoms with Gasteiger partial charge in [0.2, 0.25) is 0 Å². The molecular weight excluding hydrogens is 353 g/mol. The van der Waals surface area contributed by atoms with Crippen LogP contribution in [-0.4, -0.2) is 18.4 Å². The number of hydrogen-bond donors (Lipinski definition) is 2. The first-order chi connectivity index (χ1) is 7.97. The van der Waals surface area contributed by atoms with Gasteiger partial charge < -0.3 is 4.98 Å². The quantitative estimate of drug-likeness (QED) is 0.821. The number of anilines is 1. The van der Waals surface area contributed by atoms with Crippen LogP contribution in [0.1, 0.15) is 5.82 Å². The van der Waals surface area contributed by atoms with E-state index in [9.17, 15) is 8.42 Å². The molecule has 1 aromatic carbocycles. The minimum Gasteiger partial charge on any atom is -0.332 e. The zero-order chi connectivity index (χ0) is 12.5. The molecule has 1 aromatic heterocycles. The minimum atomic E-state index is -3.58. The molecule has 0 radical (unpaired) electrons. The van der Waals surface area contributed by atoms with Crippen LogP contribution in [-0.2, 0) is 10.0 Å². The fraction of sp³-hybridized carbons (Fsp3) is 0.100. The van der Waals surface area contributed by atoms with Gasteiger partial charge in [-0.05, 0) is 47.7 Å². The molecule has 2 aromatic rings. The third kappa shape index (κ3) is 2.97. The SMILES string of the molecule is Cc1ncc(S(=O)(=O)Nc2cccc(I)c2)[nH]1. The fourth-order valence-electron chi connectivity index (χ4n) is 1.30. The van der Waals surface area contributed by atoms with Crippen LogP contribution in [0.25, 0.3) is 0 Å². The average molecular weight is 363 g/mol. The van der Waals surface area contributed by atoms with Crippen LogP contribution >= 0.6 is 22.6 Å². The van der Waals surface area contributed by atoms with Crippen LogP contribution in [0.3, 0.4) is 0 Å². The zero-order valence-corrected chi connectivity index (χ0v) is 11.9. The Kier molecular flexibility index (Phi) is 3.38. The van der Waals surface area contributed by atoms with E-state index in [1.807, 2.05) is 6.07 Å². The largest absolute Gasteiger partial charge is 0.332 e. The first-order valence-electron chi connectivity index (χ1n) is 4.77. The standard InChI is InChI=1S/C10H10IN3O2S/c1-7-12-6-10(13-7)17(15,16)14-9-4-2-3-8(11)5-9/h2-6,14H,1H3,(H,12,13). The van der Waals surface area contributed by atoms with Gasteiger partial charge in [-0.25, -0.2) is 4.98 Å². The lowest BCUT2D eigenvalue weighted by Crippen LogP contribution is -2.13. The van der Waals surface area contributed by atoms with Crippen molar-refractivity contribution in [1.29, 1.82) is 0 Å². The molecule has 5 nitrogen and oxygen atoms in total. The van der Waals surface area contributed by atoms with Crippen LogP contribution in [0.2, 0.25) is 0 Å². The first kappa shape index (κ1) is 12.4. The fourth-order valence-corrected chi connectivity index (χ4v) is 2.86. The summed E-state index contributed by atoms with van der Waals surface area (Å²) in [6.07, 6.45) is 1.30. The molecular formula is C10H10IN3O2S. The number of halogens is 1. The molecule has 0 saturated heterocycles. The summed E-state index contributed by atoms with van der Waals surface area (Å²) in [6.45, 7) is 1.70. The second-order valence-electron chi connectivity index (χ2n) is 3.45. The average Bonchev–Trinajstić information content (AvgIpc) is 2.65. The van der Waals surface area contributed by atoms with Gasteiger partial charge in [-0.2, -0.15) is 8.42 Å². The number of aromatic nitrogens is 2. The van der Waals surface area contributed by atoms with Gasteiger partial charge in [0.15, 0.2) is 5.03 Å². The van der Waals surface area contributed by atoms with E-state index in [4.69, 9.17) is 0 Å². The second kappa shape index (κ2) is 4.65. The number of H-pyrrole nitrogens is 1. The highest BCUT2D eigenvalue weighted by molar-refractivity contribution is 14.1. The zero-order valence-electron chi connectivity index (χ0n) is 8.94. The summed E-state index contributed by atoms with van der Waals surface area (Å²) in [7, 11) is -3.58. The van der Waals surface area contributed by atoms with Crippen molar-refractivity contribution in [1.82, 2.24) is 9.97 Å². The predicted octanol–water partition coefficient (Wildman–Crippen LogP) is 2.12. The number of aromatic amines is 1. The molecule has 0 spiro atoms. The molecule has 2 N–H and O–H groups in total. The number of imidazole rings is 1. The summed E-state index contributed by atoms with van der Waals surface area (Å²) in [4.78, 5) is 6.55. The predicted molar refractivity (Wildman–Crippen MR) is 73.3 cm³/mol. The molecule has 0 aliphatic heterocycles. The maximum absolute atomic E-state index is 11.9. The molecule has 0 saturated carbocycles. The lowest BCUT2D eigenvalue weighted by molar-refractivity contribution is 0.598. The number of nitrogens with one attached hydrogen (secondary N) is 2. The molecule has 0 fully saturated rings. The molecule has 0 amide bonds. The minimum absolute atomic E-state index is 0.0638. The molecule has 1 heterocycles. The summed E-state index contributed by atoms with van der Waals surface area (Å²) in [6, 6.07) is 7.13. The Morgan fingerprint density at radius 2 is 2.18 bits per heavy atom. The van der Waals surface area contributed by atoms with E-state index in [1.165, 1.54) is 6.20 Å². The van der Waals surface area contributed by atoms with Crippen molar-refractivity contribution in [2.45, 2.75) is 11.9 Å². The van der Waals surface area contributed by atoms with E-state index >= 15 is 0 Å². The van der Waals surface area contributed by atoms with Crippen LogP contribution in [0.5, 0.6) is 0 Å². The highest BCUT2D eigenvalue weighted by atomic mass is 127. The number of nitrogens with zero attached hydrogens (tertiary/aromatic N) is 1. The third-order valence-electron chi connectivity index (χ3n) is 2.05. The molecule has 0 aliphatic rings. The summed E-state index contributed by atoms with van der Waals surface area (Å²) in [5.74, 6) is 0.563. The Morgan fingerprint density at radius 3 is 2.76 bits per heavy atom. The highest BCUT2D eigenvalue weighted by Gasteiger charge is 2.16. The van der Waals surface area contributed by atoms with Crippen LogP contribution in [0.15, 0.2) is 35.5 Å². The van der Waals surface area contributed by atoms with Gasteiger partial charge in [0, 0.05) is 9.26 Å². The van der Waals surface area contributed by atoms with Crippen LogP contribution in [0.4, 0.5) is 5.69 Å². The van der Waals surface area contributed by atoms with Crippen molar-refractivity contribution in [2.75, 3.05) is 4.72 Å². The molecule has 0 atom stereocenters. The summed E-state index contributed by atoms with van der Waals surface area (Å²) >= 11 is 2.12. The van der Waals surface area contributed by atoms with Crippen molar-refractivity contribution in [3.63, 3.8) is 0 Å². The van der Waals surface area contributed by atoms with E-state index in [2.05, 4.69) is 37.3 Å². The number of benzene rings is 1. The molecule has 0 unspecified atom stereocenters. The Labute approximate surface area is 113 Å². The van der Waals surface area contributed by atoms with Gasteiger partial charge in [0.05, 0.1) is 6.20 Å². The van der Waals surface area contributed by atoms with Gasteiger partial charge in [0.1, 0.15) is 5.82 Å². The number of sulfonamides is 1.